The second-order valence-corrected chi connectivity index (χ2v) is 9.57. The van der Waals surface area contributed by atoms with Crippen LogP contribution in [0.25, 0.3) is 0 Å². The van der Waals surface area contributed by atoms with Crippen molar-refractivity contribution in [1.82, 2.24) is 9.80 Å². The molecule has 2 aromatic rings. The van der Waals surface area contributed by atoms with Crippen LogP contribution in [0, 0.1) is 0 Å². The summed E-state index contributed by atoms with van der Waals surface area (Å²) >= 11 is 0. The molecule has 3 unspecified atom stereocenters. The standard InChI is InChI=1S/C27H34N2O4/c1-20(30)33-27-14-13-23(29(3)25(31)21-9-6-5-7-10-21)18-26(27,15-16-28(2)19-27)22-11-8-12-24(17-22)32-4/h5-12,17,23H,13-16,18-19H2,1-4H3. The zero-order valence-electron chi connectivity index (χ0n) is 20.0. The average Bonchev–Trinajstić information content (AvgIpc) is 2.82. The highest BCUT2D eigenvalue weighted by atomic mass is 16.6. The summed E-state index contributed by atoms with van der Waals surface area (Å²) in [5, 5.41) is 0. The smallest absolute Gasteiger partial charge is 0.303 e. The molecule has 1 aliphatic heterocycles. The van der Waals surface area contributed by atoms with Gasteiger partial charge in [0.25, 0.3) is 5.91 Å². The van der Waals surface area contributed by atoms with Crippen LogP contribution in [0.5, 0.6) is 5.75 Å². The highest BCUT2D eigenvalue weighted by Crippen LogP contribution is 2.54. The Kier molecular flexibility index (Phi) is 6.48. The van der Waals surface area contributed by atoms with Crippen LogP contribution in [0.2, 0.25) is 0 Å². The molecule has 1 saturated heterocycles. The molecule has 1 saturated carbocycles. The molecular weight excluding hydrogens is 416 g/mol. The van der Waals surface area contributed by atoms with E-state index in [1.54, 1.807) is 7.11 Å². The van der Waals surface area contributed by atoms with Crippen molar-refractivity contribution in [3.8, 4) is 5.75 Å². The summed E-state index contributed by atoms with van der Waals surface area (Å²) in [5.74, 6) is 0.549. The monoisotopic (exact) mass is 450 g/mol. The minimum atomic E-state index is -0.647. The predicted octanol–water partition coefficient (Wildman–Crippen LogP) is 3.90. The van der Waals surface area contributed by atoms with Gasteiger partial charge in [-0.1, -0.05) is 30.3 Å². The average molecular weight is 451 g/mol. The molecule has 3 atom stereocenters. The fourth-order valence-corrected chi connectivity index (χ4v) is 5.97. The van der Waals surface area contributed by atoms with E-state index in [0.29, 0.717) is 18.5 Å². The van der Waals surface area contributed by atoms with Crippen LogP contribution in [0.1, 0.15) is 48.5 Å². The molecule has 0 spiro atoms. The summed E-state index contributed by atoms with van der Waals surface area (Å²) < 4.78 is 11.8. The number of rotatable bonds is 5. The maximum atomic E-state index is 13.3. The van der Waals surface area contributed by atoms with Crippen molar-refractivity contribution >= 4 is 11.9 Å². The first-order chi connectivity index (χ1) is 15.8. The summed E-state index contributed by atoms with van der Waals surface area (Å²) in [4.78, 5) is 29.7. The van der Waals surface area contributed by atoms with Gasteiger partial charge in [-0.2, -0.15) is 0 Å². The molecule has 176 valence electrons. The molecular formula is C27H34N2O4. The lowest BCUT2D eigenvalue weighted by atomic mass is 9.55. The topological polar surface area (TPSA) is 59.1 Å². The van der Waals surface area contributed by atoms with Crippen molar-refractivity contribution in [2.45, 2.75) is 49.7 Å². The predicted molar refractivity (Wildman–Crippen MR) is 127 cm³/mol. The van der Waals surface area contributed by atoms with Gasteiger partial charge in [0.15, 0.2) is 0 Å². The van der Waals surface area contributed by atoms with Crippen LogP contribution in [0.4, 0.5) is 0 Å². The van der Waals surface area contributed by atoms with E-state index in [2.05, 4.69) is 24.1 Å². The Morgan fingerprint density at radius 2 is 1.85 bits per heavy atom. The Hall–Kier alpha value is -2.86. The quantitative estimate of drug-likeness (QED) is 0.647. The van der Waals surface area contributed by atoms with Crippen LogP contribution >= 0.6 is 0 Å². The number of fused-ring (bicyclic) bond motifs is 1. The Morgan fingerprint density at radius 1 is 1.09 bits per heavy atom. The minimum absolute atomic E-state index is 0.0225. The number of carbonyl (C=O) groups excluding carboxylic acids is 2. The fraction of sp³-hybridized carbons (Fsp3) is 0.481. The van der Waals surface area contributed by atoms with Gasteiger partial charge in [-0.25, -0.2) is 0 Å². The lowest BCUT2D eigenvalue weighted by Crippen LogP contribution is -2.68. The van der Waals surface area contributed by atoms with Crippen molar-refractivity contribution in [1.29, 1.82) is 0 Å². The number of piperidine rings is 1. The lowest BCUT2D eigenvalue weighted by Gasteiger charge is -2.59. The van der Waals surface area contributed by atoms with E-state index in [4.69, 9.17) is 9.47 Å². The molecule has 0 N–H and O–H groups in total. The van der Waals surface area contributed by atoms with Gasteiger partial charge in [-0.15, -0.1) is 0 Å². The number of hydrogen-bond donors (Lipinski definition) is 0. The molecule has 1 heterocycles. The molecule has 6 heteroatoms. The summed E-state index contributed by atoms with van der Waals surface area (Å²) in [6.45, 7) is 3.06. The molecule has 33 heavy (non-hydrogen) atoms. The van der Waals surface area contributed by atoms with Crippen molar-refractivity contribution in [3.05, 3.63) is 65.7 Å². The van der Waals surface area contributed by atoms with Crippen LogP contribution < -0.4 is 4.74 Å². The van der Waals surface area contributed by atoms with E-state index in [9.17, 15) is 9.59 Å². The van der Waals surface area contributed by atoms with E-state index < -0.39 is 11.0 Å². The molecule has 1 aliphatic carbocycles. The first kappa shape index (κ1) is 23.3. The maximum Gasteiger partial charge on any atom is 0.303 e. The Labute approximate surface area is 196 Å². The highest BCUT2D eigenvalue weighted by molar-refractivity contribution is 5.94. The Morgan fingerprint density at radius 3 is 2.55 bits per heavy atom. The van der Waals surface area contributed by atoms with E-state index in [1.807, 2.05) is 54.4 Å². The maximum absolute atomic E-state index is 13.3. The molecule has 4 rings (SSSR count). The zero-order chi connectivity index (χ0) is 23.6. The molecule has 2 fully saturated rings. The summed E-state index contributed by atoms with van der Waals surface area (Å²) in [5.41, 5.74) is 0.747. The Balaban J connectivity index is 1.76. The largest absolute Gasteiger partial charge is 0.497 e. The minimum Gasteiger partial charge on any atom is -0.497 e. The van der Waals surface area contributed by atoms with Crippen molar-refractivity contribution in [2.24, 2.45) is 0 Å². The SMILES string of the molecule is COc1cccc(C23CCN(C)CC2(OC(C)=O)CCC(N(C)C(=O)c2ccccc2)C3)c1. The van der Waals surface area contributed by atoms with Crippen LogP contribution in [0.15, 0.2) is 54.6 Å². The Bertz CT molecular complexity index is 1010. The zero-order valence-corrected chi connectivity index (χ0v) is 20.0. The van der Waals surface area contributed by atoms with Crippen LogP contribution in [-0.2, 0) is 14.9 Å². The first-order valence-corrected chi connectivity index (χ1v) is 11.7. The summed E-state index contributed by atoms with van der Waals surface area (Å²) in [7, 11) is 5.64. The number of amides is 1. The lowest BCUT2D eigenvalue weighted by molar-refractivity contribution is -0.187. The van der Waals surface area contributed by atoms with E-state index in [1.165, 1.54) is 6.92 Å². The first-order valence-electron chi connectivity index (χ1n) is 11.7. The van der Waals surface area contributed by atoms with E-state index >= 15 is 0 Å². The molecule has 0 aromatic heterocycles. The number of benzene rings is 2. The number of nitrogens with zero attached hydrogens (tertiary/aromatic N) is 2. The third kappa shape index (κ3) is 4.24. The van der Waals surface area contributed by atoms with Gasteiger partial charge in [0.1, 0.15) is 11.4 Å². The molecule has 0 bridgehead atoms. The van der Waals surface area contributed by atoms with Crippen LogP contribution in [0.3, 0.4) is 0 Å². The number of ether oxygens (including phenoxy) is 2. The van der Waals surface area contributed by atoms with Crippen LogP contribution in [-0.4, -0.2) is 67.6 Å². The third-order valence-corrected chi connectivity index (χ3v) is 7.63. The normalized spacial score (nSPS) is 27.3. The fourth-order valence-electron chi connectivity index (χ4n) is 5.97. The number of likely N-dealkylation sites (tertiary alicyclic amines) is 1. The van der Waals surface area contributed by atoms with Gasteiger partial charge in [0, 0.05) is 37.5 Å². The summed E-state index contributed by atoms with van der Waals surface area (Å²) in [6.07, 6.45) is 3.05. The number of likely N-dealkylation sites (N-methyl/N-ethyl adjacent to an activating group) is 1. The van der Waals surface area contributed by atoms with Crippen molar-refractivity contribution < 1.29 is 19.1 Å². The van der Waals surface area contributed by atoms with Gasteiger partial charge in [0.2, 0.25) is 0 Å². The van der Waals surface area contributed by atoms with Crippen molar-refractivity contribution in [2.75, 3.05) is 34.3 Å². The molecule has 0 radical (unpaired) electrons. The molecule has 2 aliphatic rings. The van der Waals surface area contributed by atoms with Gasteiger partial charge in [0.05, 0.1) is 7.11 Å². The second-order valence-electron chi connectivity index (χ2n) is 9.57. The number of hydrogen-bond acceptors (Lipinski definition) is 5. The van der Waals surface area contributed by atoms with Gasteiger partial charge in [-0.3, -0.25) is 9.59 Å². The number of methoxy groups -OCH3 is 1. The van der Waals surface area contributed by atoms with Gasteiger partial charge < -0.3 is 19.3 Å². The molecule has 1 amide bonds. The third-order valence-electron chi connectivity index (χ3n) is 7.63. The second kappa shape index (κ2) is 9.18. The highest BCUT2D eigenvalue weighted by Gasteiger charge is 2.61. The van der Waals surface area contributed by atoms with Gasteiger partial charge >= 0.3 is 5.97 Å². The number of carbonyl (C=O) groups is 2. The molecule has 2 aromatic carbocycles. The molecule has 6 nitrogen and oxygen atoms in total. The number of esters is 1. The van der Waals surface area contributed by atoms with E-state index in [-0.39, 0.29) is 17.9 Å². The summed E-state index contributed by atoms with van der Waals surface area (Å²) in [6, 6.07) is 17.6. The van der Waals surface area contributed by atoms with Gasteiger partial charge in [-0.05, 0) is 69.1 Å². The van der Waals surface area contributed by atoms with E-state index in [0.717, 1.165) is 37.1 Å². The van der Waals surface area contributed by atoms with Crippen molar-refractivity contribution in [3.63, 3.8) is 0 Å².